The van der Waals surface area contributed by atoms with Crippen LogP contribution in [0.2, 0.25) is 0 Å². The molecule has 2 aliphatic rings. The Morgan fingerprint density at radius 1 is 1.27 bits per heavy atom. The van der Waals surface area contributed by atoms with E-state index >= 15 is 0 Å². The molecule has 0 aliphatic carbocycles. The molecule has 0 bridgehead atoms. The quantitative estimate of drug-likeness (QED) is 0.558. The number of ether oxygens (including phenoxy) is 1. The molecule has 2 fully saturated rings. The van der Waals surface area contributed by atoms with Crippen molar-refractivity contribution >= 4 is 16.0 Å². The Balaban J connectivity index is 1.89. The van der Waals surface area contributed by atoms with Crippen LogP contribution in [0.3, 0.4) is 0 Å². The Morgan fingerprint density at radius 3 is 2.54 bits per heavy atom. The van der Waals surface area contributed by atoms with Crippen LogP contribution in [-0.2, 0) is 14.8 Å². The normalized spacial score (nSPS) is 25.2. The van der Waals surface area contributed by atoms with E-state index in [4.69, 9.17) is 4.74 Å². The summed E-state index contributed by atoms with van der Waals surface area (Å²) >= 11 is 0. The van der Waals surface area contributed by atoms with Gasteiger partial charge in [-0.25, -0.2) is 22.8 Å². The van der Waals surface area contributed by atoms with E-state index in [-0.39, 0.29) is 23.3 Å². The van der Waals surface area contributed by atoms with Gasteiger partial charge < -0.3 is 9.64 Å². The number of hydrogen-bond acceptors (Lipinski definition) is 5. The van der Waals surface area contributed by atoms with E-state index in [9.17, 15) is 18.5 Å². The Morgan fingerprint density at radius 2 is 1.96 bits per heavy atom. The highest BCUT2D eigenvalue weighted by Gasteiger charge is 2.40. The molecule has 2 aliphatic heterocycles. The monoisotopic (exact) mass is 382 g/mol. The molecular formula is C16H22N4O5S. The number of guanidine groups is 1. The van der Waals surface area contributed by atoms with Crippen LogP contribution in [0.1, 0.15) is 12.5 Å². The van der Waals surface area contributed by atoms with Crippen LogP contribution in [0.4, 0.5) is 0 Å². The predicted octanol–water partition coefficient (Wildman–Crippen LogP) is 1.13. The van der Waals surface area contributed by atoms with E-state index < -0.39 is 15.1 Å². The third-order valence-electron chi connectivity index (χ3n) is 4.83. The summed E-state index contributed by atoms with van der Waals surface area (Å²) in [5.74, 6) is 0.373. The van der Waals surface area contributed by atoms with Crippen molar-refractivity contribution in [1.29, 1.82) is 0 Å². The fourth-order valence-electron chi connectivity index (χ4n) is 3.21. The highest BCUT2D eigenvalue weighted by atomic mass is 32.2. The summed E-state index contributed by atoms with van der Waals surface area (Å²) in [6.07, 6.45) is 0. The molecule has 2 atom stereocenters. The van der Waals surface area contributed by atoms with Crippen LogP contribution in [-0.4, -0.2) is 61.5 Å². The van der Waals surface area contributed by atoms with Crippen molar-refractivity contribution in [2.24, 2.45) is 16.9 Å². The number of aryl methyl sites for hydroxylation is 1. The maximum absolute atomic E-state index is 13.0. The zero-order chi connectivity index (χ0) is 18.9. The van der Waals surface area contributed by atoms with E-state index in [2.05, 4.69) is 12.0 Å². The first-order valence-electron chi connectivity index (χ1n) is 8.44. The number of nitrogens with zero attached hydrogens (tertiary/aromatic N) is 4. The smallest absolute Gasteiger partial charge is 0.288 e. The van der Waals surface area contributed by atoms with E-state index in [0.717, 1.165) is 9.87 Å². The second-order valence-corrected chi connectivity index (χ2v) is 8.61. The topological polar surface area (TPSA) is 105 Å². The summed E-state index contributed by atoms with van der Waals surface area (Å²) < 4.78 is 32.4. The van der Waals surface area contributed by atoms with Crippen LogP contribution >= 0.6 is 0 Å². The van der Waals surface area contributed by atoms with Gasteiger partial charge >= 0.3 is 0 Å². The maximum Gasteiger partial charge on any atom is 0.288 e. The molecule has 1 aromatic rings. The number of nitro groups is 1. The molecule has 3 rings (SSSR count). The summed E-state index contributed by atoms with van der Waals surface area (Å²) in [5.41, 5.74) is 0.932. The largest absolute Gasteiger partial charge is 0.381 e. The lowest BCUT2D eigenvalue weighted by Crippen LogP contribution is -2.40. The predicted molar refractivity (Wildman–Crippen MR) is 94.5 cm³/mol. The van der Waals surface area contributed by atoms with Crippen molar-refractivity contribution in [2.75, 3.05) is 32.8 Å². The van der Waals surface area contributed by atoms with Crippen LogP contribution in [0, 0.1) is 28.9 Å². The number of rotatable bonds is 5. The first kappa shape index (κ1) is 18.6. The maximum atomic E-state index is 13.0. The van der Waals surface area contributed by atoms with Crippen LogP contribution in [0.5, 0.6) is 0 Å². The van der Waals surface area contributed by atoms with Gasteiger partial charge in [0.25, 0.3) is 16.0 Å². The average molecular weight is 382 g/mol. The van der Waals surface area contributed by atoms with Gasteiger partial charge in [-0.05, 0) is 25.0 Å². The molecule has 2 heterocycles. The highest BCUT2D eigenvalue weighted by Crippen LogP contribution is 2.26. The minimum absolute atomic E-state index is 0.0959. The van der Waals surface area contributed by atoms with Crippen molar-refractivity contribution in [1.82, 2.24) is 9.21 Å². The lowest BCUT2D eigenvalue weighted by atomic mass is 9.98. The van der Waals surface area contributed by atoms with E-state index in [1.165, 1.54) is 12.1 Å². The molecular weight excluding hydrogens is 360 g/mol. The molecule has 0 saturated carbocycles. The van der Waals surface area contributed by atoms with E-state index in [1.807, 2.05) is 6.92 Å². The fourth-order valence-corrected chi connectivity index (χ4v) is 4.64. The van der Waals surface area contributed by atoms with Gasteiger partial charge in [-0.1, -0.05) is 24.6 Å². The van der Waals surface area contributed by atoms with Gasteiger partial charge in [0.1, 0.15) is 5.10 Å². The fraction of sp³-hybridized carbons (Fsp3) is 0.562. The Hall–Kier alpha value is -2.20. The van der Waals surface area contributed by atoms with Gasteiger partial charge in [-0.15, -0.1) is 0 Å². The van der Waals surface area contributed by atoms with Gasteiger partial charge in [0.15, 0.2) is 5.03 Å². The minimum Gasteiger partial charge on any atom is -0.381 e. The van der Waals surface area contributed by atoms with Crippen molar-refractivity contribution in [3.8, 4) is 0 Å². The summed E-state index contributed by atoms with van der Waals surface area (Å²) in [5, 5.41) is 13.5. The Kier molecular flexibility index (Phi) is 5.15. The molecule has 10 heteroatoms. The molecule has 0 spiro atoms. The molecule has 0 radical (unpaired) electrons. The second kappa shape index (κ2) is 7.20. The average Bonchev–Trinajstić information content (AvgIpc) is 3.15. The molecule has 0 N–H and O–H groups in total. The van der Waals surface area contributed by atoms with Crippen molar-refractivity contribution < 1.29 is 18.2 Å². The third-order valence-corrected chi connectivity index (χ3v) is 6.63. The lowest BCUT2D eigenvalue weighted by Gasteiger charge is -2.24. The Labute approximate surface area is 152 Å². The molecule has 2 unspecified atom stereocenters. The van der Waals surface area contributed by atoms with Gasteiger partial charge in [0.05, 0.1) is 18.0 Å². The van der Waals surface area contributed by atoms with Crippen LogP contribution in [0.25, 0.3) is 0 Å². The first-order chi connectivity index (χ1) is 12.3. The molecule has 2 saturated heterocycles. The standard InChI is InChI=1S/C16H22N4O5S/c1-12-3-5-15(6-4-12)26(23,24)19-8-7-18(16(19)17-20(21)22)9-14-11-25-10-13(14)2/h3-6,13-14H,7-11H2,1-2H3. The van der Waals surface area contributed by atoms with Crippen LogP contribution < -0.4 is 0 Å². The van der Waals surface area contributed by atoms with E-state index in [1.54, 1.807) is 17.0 Å². The summed E-state index contributed by atoms with van der Waals surface area (Å²) in [7, 11) is -3.91. The summed E-state index contributed by atoms with van der Waals surface area (Å²) in [6.45, 7) is 6.09. The van der Waals surface area contributed by atoms with Gasteiger partial charge in [0.2, 0.25) is 0 Å². The van der Waals surface area contributed by atoms with Gasteiger partial charge in [-0.2, -0.15) is 0 Å². The molecule has 0 aromatic heterocycles. The molecule has 26 heavy (non-hydrogen) atoms. The molecule has 9 nitrogen and oxygen atoms in total. The Bertz CT molecular complexity index is 808. The molecule has 1 aromatic carbocycles. The first-order valence-corrected chi connectivity index (χ1v) is 9.88. The minimum atomic E-state index is -3.91. The van der Waals surface area contributed by atoms with Gasteiger partial charge in [-0.3, -0.25) is 0 Å². The summed E-state index contributed by atoms with van der Waals surface area (Å²) in [6, 6.07) is 6.40. The lowest BCUT2D eigenvalue weighted by molar-refractivity contribution is -0.486. The van der Waals surface area contributed by atoms with Crippen LogP contribution in [0.15, 0.2) is 34.3 Å². The SMILES string of the molecule is Cc1ccc(S(=O)(=O)N2CCN(CC3COCC3C)C2=N[N+](=O)[O-])cc1. The third kappa shape index (κ3) is 3.65. The van der Waals surface area contributed by atoms with Crippen molar-refractivity contribution in [2.45, 2.75) is 18.7 Å². The number of benzene rings is 1. The molecule has 0 amide bonds. The molecule has 142 valence electrons. The van der Waals surface area contributed by atoms with Crippen molar-refractivity contribution in [3.63, 3.8) is 0 Å². The zero-order valence-corrected chi connectivity index (χ0v) is 15.6. The van der Waals surface area contributed by atoms with E-state index in [0.29, 0.717) is 32.2 Å². The zero-order valence-electron chi connectivity index (χ0n) is 14.7. The number of sulfonamides is 1. The number of hydrogen-bond donors (Lipinski definition) is 0. The highest BCUT2D eigenvalue weighted by molar-refractivity contribution is 7.89. The second-order valence-electron chi connectivity index (χ2n) is 6.75. The summed E-state index contributed by atoms with van der Waals surface area (Å²) in [4.78, 5) is 12.8. The van der Waals surface area contributed by atoms with Crippen molar-refractivity contribution in [3.05, 3.63) is 39.9 Å². The number of hydrazone groups is 1. The van der Waals surface area contributed by atoms with Gasteiger partial charge in [0, 0.05) is 25.6 Å².